The molecule has 116 valence electrons. The summed E-state index contributed by atoms with van der Waals surface area (Å²) < 4.78 is 0. The lowest BCUT2D eigenvalue weighted by atomic mass is 10.0. The average Bonchev–Trinajstić information content (AvgIpc) is 2.58. The van der Waals surface area contributed by atoms with E-state index in [9.17, 15) is 0 Å². The topological polar surface area (TPSA) is 50.2 Å². The summed E-state index contributed by atoms with van der Waals surface area (Å²) in [6.07, 6.45) is 1.76. The Morgan fingerprint density at radius 3 is 2.39 bits per heavy atom. The summed E-state index contributed by atoms with van der Waals surface area (Å²) in [5.41, 5.74) is 5.27. The van der Waals surface area contributed by atoms with Crippen molar-refractivity contribution in [1.82, 2.24) is 10.2 Å². The minimum Gasteiger partial charge on any atom is -0.259 e. The van der Waals surface area contributed by atoms with Gasteiger partial charge >= 0.3 is 0 Å². The molecule has 0 bridgehead atoms. The van der Waals surface area contributed by atoms with Gasteiger partial charge in [0.2, 0.25) is 0 Å². The highest BCUT2D eigenvalue weighted by Gasteiger charge is 2.06. The molecule has 0 radical (unpaired) electrons. The molecule has 0 aliphatic carbocycles. The van der Waals surface area contributed by atoms with Gasteiger partial charge in [-0.05, 0) is 17.0 Å². The Balaban J connectivity index is 1.79. The fourth-order valence-corrected chi connectivity index (χ4v) is 2.49. The minimum absolute atomic E-state index is 0.388. The largest absolute Gasteiger partial charge is 0.259 e. The van der Waals surface area contributed by atoms with Gasteiger partial charge in [-0.25, -0.2) is 0 Å². The molecule has 0 amide bonds. The Labute approximate surface area is 140 Å². The van der Waals surface area contributed by atoms with Crippen LogP contribution in [0.4, 0.5) is 5.82 Å². The Hall–Kier alpha value is -2.46. The van der Waals surface area contributed by atoms with Crippen LogP contribution in [0.5, 0.6) is 0 Å². The summed E-state index contributed by atoms with van der Waals surface area (Å²) in [5.74, 6) is 1.11. The first kappa shape index (κ1) is 15.4. The van der Waals surface area contributed by atoms with Crippen molar-refractivity contribution in [3.63, 3.8) is 0 Å². The predicted molar refractivity (Wildman–Crippen MR) is 96.3 cm³/mol. The molecule has 3 rings (SSSR count). The Morgan fingerprint density at radius 1 is 1.00 bits per heavy atom. The van der Waals surface area contributed by atoms with Crippen molar-refractivity contribution in [2.45, 2.75) is 19.8 Å². The van der Waals surface area contributed by atoms with Gasteiger partial charge in [0.05, 0.1) is 6.21 Å². The SMILES string of the molecule is CC(C)c1ccc(/C=N\Nc2nnc(Cl)c3ccccc23)cc1. The molecule has 5 heteroatoms. The third-order valence-corrected chi connectivity index (χ3v) is 3.91. The maximum atomic E-state index is 6.06. The summed E-state index contributed by atoms with van der Waals surface area (Å²) in [6, 6.07) is 16.0. The fraction of sp³-hybridized carbons (Fsp3) is 0.167. The van der Waals surface area contributed by atoms with Crippen LogP contribution in [0, 0.1) is 0 Å². The van der Waals surface area contributed by atoms with Crippen molar-refractivity contribution in [1.29, 1.82) is 0 Å². The molecule has 0 saturated carbocycles. The van der Waals surface area contributed by atoms with Crippen molar-refractivity contribution < 1.29 is 0 Å². The molecule has 0 saturated heterocycles. The van der Waals surface area contributed by atoms with Gasteiger partial charge in [-0.15, -0.1) is 10.2 Å². The second-order valence-corrected chi connectivity index (χ2v) is 5.93. The minimum atomic E-state index is 0.388. The van der Waals surface area contributed by atoms with Crippen LogP contribution in [0.1, 0.15) is 30.9 Å². The maximum absolute atomic E-state index is 6.06. The van der Waals surface area contributed by atoms with Crippen molar-refractivity contribution in [3.8, 4) is 0 Å². The lowest BCUT2D eigenvalue weighted by Gasteiger charge is -2.05. The number of rotatable bonds is 4. The van der Waals surface area contributed by atoms with Crippen LogP contribution in [0.3, 0.4) is 0 Å². The van der Waals surface area contributed by atoms with E-state index in [4.69, 9.17) is 11.6 Å². The number of nitrogens with zero attached hydrogens (tertiary/aromatic N) is 3. The van der Waals surface area contributed by atoms with E-state index in [2.05, 4.69) is 46.7 Å². The van der Waals surface area contributed by atoms with E-state index in [0.717, 1.165) is 16.3 Å². The lowest BCUT2D eigenvalue weighted by Crippen LogP contribution is -1.97. The van der Waals surface area contributed by atoms with Gasteiger partial charge in [0.1, 0.15) is 0 Å². The van der Waals surface area contributed by atoms with E-state index >= 15 is 0 Å². The highest BCUT2D eigenvalue weighted by Crippen LogP contribution is 2.25. The second kappa shape index (κ2) is 6.75. The molecule has 3 aromatic rings. The van der Waals surface area contributed by atoms with Crippen LogP contribution >= 0.6 is 11.6 Å². The van der Waals surface area contributed by atoms with E-state index in [0.29, 0.717) is 16.9 Å². The zero-order valence-electron chi connectivity index (χ0n) is 13.0. The summed E-state index contributed by atoms with van der Waals surface area (Å²) in [7, 11) is 0. The number of hydrogen-bond donors (Lipinski definition) is 1. The number of anilines is 1. The number of benzene rings is 2. The van der Waals surface area contributed by atoms with E-state index in [-0.39, 0.29) is 0 Å². The number of hydrogen-bond acceptors (Lipinski definition) is 4. The van der Waals surface area contributed by atoms with E-state index in [1.54, 1.807) is 6.21 Å². The molecular weight excluding hydrogens is 308 g/mol. The molecule has 23 heavy (non-hydrogen) atoms. The van der Waals surface area contributed by atoms with Gasteiger partial charge in [-0.2, -0.15) is 5.10 Å². The van der Waals surface area contributed by atoms with Gasteiger partial charge in [-0.3, -0.25) is 5.43 Å². The van der Waals surface area contributed by atoms with Crippen LogP contribution < -0.4 is 5.43 Å². The second-order valence-electron chi connectivity index (χ2n) is 5.58. The normalized spacial score (nSPS) is 11.5. The molecule has 2 aromatic carbocycles. The highest BCUT2D eigenvalue weighted by molar-refractivity contribution is 6.34. The summed E-state index contributed by atoms with van der Waals surface area (Å²) in [4.78, 5) is 0. The van der Waals surface area contributed by atoms with Crippen molar-refractivity contribution in [2.75, 3.05) is 5.43 Å². The van der Waals surface area contributed by atoms with E-state index in [1.807, 2.05) is 36.4 Å². The molecule has 0 spiro atoms. The number of aromatic nitrogens is 2. The molecule has 4 nitrogen and oxygen atoms in total. The third kappa shape index (κ3) is 3.48. The molecule has 1 heterocycles. The monoisotopic (exact) mass is 324 g/mol. The third-order valence-electron chi connectivity index (χ3n) is 3.63. The number of halogens is 1. The molecule has 1 aromatic heterocycles. The van der Waals surface area contributed by atoms with Gasteiger partial charge in [0, 0.05) is 10.8 Å². The van der Waals surface area contributed by atoms with Gasteiger partial charge in [-0.1, -0.05) is 74.0 Å². The van der Waals surface area contributed by atoms with Crippen LogP contribution in [-0.4, -0.2) is 16.4 Å². The van der Waals surface area contributed by atoms with Crippen LogP contribution in [-0.2, 0) is 0 Å². The Bertz CT molecular complexity index is 841. The standard InChI is InChI=1S/C18H17ClN4/c1-12(2)14-9-7-13(8-10-14)11-20-22-18-16-6-4-3-5-15(16)17(19)21-23-18/h3-12H,1-2H3,(H,22,23)/b20-11-. The molecule has 0 fully saturated rings. The maximum Gasteiger partial charge on any atom is 0.176 e. The van der Waals surface area contributed by atoms with Gasteiger partial charge in [0.15, 0.2) is 11.0 Å². The fourth-order valence-electron chi connectivity index (χ4n) is 2.29. The average molecular weight is 325 g/mol. The van der Waals surface area contributed by atoms with Crippen LogP contribution in [0.15, 0.2) is 53.6 Å². The van der Waals surface area contributed by atoms with Crippen molar-refractivity contribution in [3.05, 3.63) is 64.8 Å². The molecule has 0 aliphatic rings. The molecule has 0 atom stereocenters. The quantitative estimate of drug-likeness (QED) is 0.551. The number of nitrogens with one attached hydrogen (secondary N) is 1. The zero-order valence-corrected chi connectivity index (χ0v) is 13.7. The van der Waals surface area contributed by atoms with E-state index in [1.165, 1.54) is 5.56 Å². The van der Waals surface area contributed by atoms with Crippen molar-refractivity contribution >= 4 is 34.4 Å². The first-order valence-corrected chi connectivity index (χ1v) is 7.83. The first-order chi connectivity index (χ1) is 11.1. The molecule has 0 unspecified atom stereocenters. The number of fused-ring (bicyclic) bond motifs is 1. The first-order valence-electron chi connectivity index (χ1n) is 7.45. The summed E-state index contributed by atoms with van der Waals surface area (Å²) >= 11 is 6.06. The summed E-state index contributed by atoms with van der Waals surface area (Å²) in [5, 5.41) is 14.4. The number of hydrazone groups is 1. The molecule has 1 N–H and O–H groups in total. The molecular formula is C18H17ClN4. The van der Waals surface area contributed by atoms with Gasteiger partial charge < -0.3 is 0 Å². The van der Waals surface area contributed by atoms with E-state index < -0.39 is 0 Å². The lowest BCUT2D eigenvalue weighted by molar-refractivity contribution is 0.866. The molecule has 0 aliphatic heterocycles. The Kier molecular flexibility index (Phi) is 4.53. The van der Waals surface area contributed by atoms with Crippen LogP contribution in [0.2, 0.25) is 5.15 Å². The zero-order chi connectivity index (χ0) is 16.2. The predicted octanol–water partition coefficient (Wildman–Crippen LogP) is 4.85. The van der Waals surface area contributed by atoms with Crippen LogP contribution in [0.25, 0.3) is 10.8 Å². The summed E-state index contributed by atoms with van der Waals surface area (Å²) in [6.45, 7) is 4.35. The van der Waals surface area contributed by atoms with Crippen molar-refractivity contribution in [2.24, 2.45) is 5.10 Å². The van der Waals surface area contributed by atoms with Gasteiger partial charge in [0.25, 0.3) is 0 Å². The Morgan fingerprint density at radius 2 is 1.70 bits per heavy atom. The highest BCUT2D eigenvalue weighted by atomic mass is 35.5. The smallest absolute Gasteiger partial charge is 0.176 e.